The van der Waals surface area contributed by atoms with Crippen molar-refractivity contribution in [3.8, 4) is 0 Å². The Hall–Kier alpha value is -1.36. The van der Waals surface area contributed by atoms with E-state index in [1.54, 1.807) is 6.20 Å². The number of rotatable bonds is 4. The summed E-state index contributed by atoms with van der Waals surface area (Å²) in [6.45, 7) is 2.46. The normalized spacial score (nSPS) is 10.5. The van der Waals surface area contributed by atoms with Crippen LogP contribution in [0, 0.1) is 0 Å². The summed E-state index contributed by atoms with van der Waals surface area (Å²) in [5, 5.41) is 11.9. The highest BCUT2D eigenvalue weighted by Crippen LogP contribution is 2.17. The first-order chi connectivity index (χ1) is 7.15. The van der Waals surface area contributed by atoms with E-state index in [-0.39, 0.29) is 5.56 Å². The van der Waals surface area contributed by atoms with E-state index in [0.29, 0.717) is 16.8 Å². The summed E-state index contributed by atoms with van der Waals surface area (Å²) in [5.41, 5.74) is 0.161. The monoisotopic (exact) mass is 270 g/mol. The highest BCUT2D eigenvalue weighted by molar-refractivity contribution is 9.10. The zero-order chi connectivity index (χ0) is 11.3. The van der Waals surface area contributed by atoms with Crippen molar-refractivity contribution in [2.24, 2.45) is 0 Å². The van der Waals surface area contributed by atoms with Gasteiger partial charge in [0, 0.05) is 17.2 Å². The molecule has 0 aliphatic heterocycles. The summed E-state index contributed by atoms with van der Waals surface area (Å²) < 4.78 is 0.650. The van der Waals surface area contributed by atoms with E-state index >= 15 is 0 Å². The van der Waals surface area contributed by atoms with E-state index in [1.807, 2.05) is 19.1 Å². The average molecular weight is 271 g/mol. The number of carboxylic acid groups (broad SMARTS) is 1. The molecule has 0 saturated heterocycles. The van der Waals surface area contributed by atoms with Crippen LogP contribution in [0.5, 0.6) is 0 Å². The first kappa shape index (κ1) is 11.7. The van der Waals surface area contributed by atoms with Gasteiger partial charge in [0.15, 0.2) is 0 Å². The molecule has 0 fully saturated rings. The minimum absolute atomic E-state index is 0.161. The molecule has 0 unspecified atom stereocenters. The third-order valence-electron chi connectivity index (χ3n) is 1.71. The van der Waals surface area contributed by atoms with Gasteiger partial charge in [-0.2, -0.15) is 0 Å². The predicted octanol–water partition coefficient (Wildman–Crippen LogP) is 2.53. The van der Waals surface area contributed by atoms with Crippen molar-refractivity contribution in [3.05, 3.63) is 34.5 Å². The Morgan fingerprint density at radius 3 is 3.07 bits per heavy atom. The summed E-state index contributed by atoms with van der Waals surface area (Å²) in [7, 11) is 0. The maximum atomic E-state index is 10.9. The molecule has 15 heavy (non-hydrogen) atoms. The van der Waals surface area contributed by atoms with Crippen LogP contribution in [0.3, 0.4) is 0 Å². The van der Waals surface area contributed by atoms with Gasteiger partial charge >= 0.3 is 5.97 Å². The van der Waals surface area contributed by atoms with Crippen molar-refractivity contribution in [1.82, 2.24) is 4.98 Å². The van der Waals surface area contributed by atoms with Gasteiger partial charge in [-0.15, -0.1) is 0 Å². The van der Waals surface area contributed by atoms with Crippen LogP contribution in [0.15, 0.2) is 28.9 Å². The molecule has 4 nitrogen and oxygen atoms in total. The Morgan fingerprint density at radius 2 is 2.47 bits per heavy atom. The van der Waals surface area contributed by atoms with E-state index in [4.69, 9.17) is 5.11 Å². The maximum absolute atomic E-state index is 10.9. The zero-order valence-electron chi connectivity index (χ0n) is 8.20. The van der Waals surface area contributed by atoms with E-state index < -0.39 is 5.97 Å². The molecule has 0 aromatic carbocycles. The van der Waals surface area contributed by atoms with Crippen LogP contribution in [-0.4, -0.2) is 22.6 Å². The molecule has 1 heterocycles. The molecular formula is C10H11BrN2O2. The Labute approximate surface area is 96.2 Å². The highest BCUT2D eigenvalue weighted by atomic mass is 79.9. The van der Waals surface area contributed by atoms with Crippen LogP contribution in [-0.2, 0) is 0 Å². The number of carbonyl (C=O) groups is 1. The van der Waals surface area contributed by atoms with Gasteiger partial charge in [-0.3, -0.25) is 0 Å². The van der Waals surface area contributed by atoms with Gasteiger partial charge in [0.05, 0.1) is 0 Å². The molecule has 0 spiro atoms. The third-order valence-corrected chi connectivity index (χ3v) is 2.14. The number of pyridine rings is 1. The van der Waals surface area contributed by atoms with Crippen LogP contribution >= 0.6 is 15.9 Å². The number of nitrogens with zero attached hydrogens (tertiary/aromatic N) is 1. The van der Waals surface area contributed by atoms with Gasteiger partial charge < -0.3 is 10.4 Å². The van der Waals surface area contributed by atoms with Crippen LogP contribution in [0.1, 0.15) is 17.3 Å². The van der Waals surface area contributed by atoms with E-state index in [2.05, 4.69) is 26.2 Å². The molecule has 0 aliphatic rings. The minimum Gasteiger partial charge on any atom is -0.478 e. The Kier molecular flexibility index (Phi) is 4.30. The third kappa shape index (κ3) is 3.36. The van der Waals surface area contributed by atoms with Crippen molar-refractivity contribution in [3.63, 3.8) is 0 Å². The fourth-order valence-corrected chi connectivity index (χ4v) is 1.35. The average Bonchev–Trinajstić information content (AvgIpc) is 2.20. The van der Waals surface area contributed by atoms with Crippen molar-refractivity contribution >= 4 is 27.7 Å². The molecule has 0 atom stereocenters. The Morgan fingerprint density at radius 1 is 1.73 bits per heavy atom. The lowest BCUT2D eigenvalue weighted by Gasteiger charge is -2.06. The van der Waals surface area contributed by atoms with Gasteiger partial charge in [-0.25, -0.2) is 9.78 Å². The molecule has 5 heteroatoms. The summed E-state index contributed by atoms with van der Waals surface area (Å²) in [6.07, 6.45) is 5.33. The van der Waals surface area contributed by atoms with Gasteiger partial charge in [0.2, 0.25) is 0 Å². The topological polar surface area (TPSA) is 62.2 Å². The quantitative estimate of drug-likeness (QED) is 0.826. The van der Waals surface area contributed by atoms with Crippen LogP contribution in [0.25, 0.3) is 0 Å². The maximum Gasteiger partial charge on any atom is 0.339 e. The lowest BCUT2D eigenvalue weighted by molar-refractivity contribution is 0.0697. The van der Waals surface area contributed by atoms with Crippen molar-refractivity contribution in [2.45, 2.75) is 6.92 Å². The largest absolute Gasteiger partial charge is 0.478 e. The summed E-state index contributed by atoms with van der Waals surface area (Å²) >= 11 is 3.18. The molecular weight excluding hydrogens is 260 g/mol. The number of nitrogens with one attached hydrogen (secondary N) is 1. The van der Waals surface area contributed by atoms with Gasteiger partial charge in [0.1, 0.15) is 11.4 Å². The van der Waals surface area contributed by atoms with Crippen LogP contribution in [0.2, 0.25) is 0 Å². The number of halogens is 1. The standard InChI is InChI=1S/C10H11BrN2O2/c1-2-3-4-12-9-8(10(14)15)5-7(11)6-13-9/h2-3,5-6H,4H2,1H3,(H,12,13)(H,14,15)/b3-2+. The molecule has 2 N–H and O–H groups in total. The molecule has 0 amide bonds. The molecule has 1 rings (SSSR count). The summed E-state index contributed by atoms with van der Waals surface area (Å²) in [6, 6.07) is 1.52. The SMILES string of the molecule is C/C=C/CNc1ncc(Br)cc1C(=O)O. The second-order valence-corrected chi connectivity index (χ2v) is 3.72. The minimum atomic E-state index is -0.994. The number of aromatic nitrogens is 1. The summed E-state index contributed by atoms with van der Waals surface area (Å²) in [4.78, 5) is 14.9. The van der Waals surface area contributed by atoms with Crippen LogP contribution in [0.4, 0.5) is 5.82 Å². The predicted molar refractivity (Wildman–Crippen MR) is 62.2 cm³/mol. The van der Waals surface area contributed by atoms with E-state index in [9.17, 15) is 4.79 Å². The molecule has 0 saturated carbocycles. The van der Waals surface area contributed by atoms with Crippen molar-refractivity contribution in [2.75, 3.05) is 11.9 Å². The summed E-state index contributed by atoms with van der Waals surface area (Å²) in [5.74, 6) is -0.615. The van der Waals surface area contributed by atoms with Crippen molar-refractivity contribution < 1.29 is 9.90 Å². The molecule has 0 aliphatic carbocycles. The van der Waals surface area contributed by atoms with Crippen LogP contribution < -0.4 is 5.32 Å². The molecule has 0 radical (unpaired) electrons. The lowest BCUT2D eigenvalue weighted by atomic mass is 10.2. The van der Waals surface area contributed by atoms with E-state index in [1.165, 1.54) is 6.07 Å². The first-order valence-corrected chi connectivity index (χ1v) is 5.18. The molecule has 1 aromatic rings. The van der Waals surface area contributed by atoms with Gasteiger partial charge in [-0.1, -0.05) is 12.2 Å². The number of allylic oxidation sites excluding steroid dienone is 1. The van der Waals surface area contributed by atoms with Gasteiger partial charge in [0.25, 0.3) is 0 Å². The fraction of sp³-hybridized carbons (Fsp3) is 0.200. The smallest absolute Gasteiger partial charge is 0.339 e. The number of hydrogen-bond acceptors (Lipinski definition) is 3. The van der Waals surface area contributed by atoms with E-state index in [0.717, 1.165) is 0 Å². The molecule has 80 valence electrons. The molecule has 0 bridgehead atoms. The fourth-order valence-electron chi connectivity index (χ4n) is 1.02. The second-order valence-electron chi connectivity index (χ2n) is 2.80. The van der Waals surface area contributed by atoms with Gasteiger partial charge in [-0.05, 0) is 28.9 Å². The second kappa shape index (κ2) is 5.50. The first-order valence-electron chi connectivity index (χ1n) is 4.39. The number of aromatic carboxylic acids is 1. The highest BCUT2D eigenvalue weighted by Gasteiger charge is 2.10. The van der Waals surface area contributed by atoms with Crippen molar-refractivity contribution in [1.29, 1.82) is 0 Å². The molecule has 1 aromatic heterocycles. The number of anilines is 1. The number of carboxylic acids is 1. The number of hydrogen-bond donors (Lipinski definition) is 2. The zero-order valence-corrected chi connectivity index (χ0v) is 9.78. The lowest BCUT2D eigenvalue weighted by Crippen LogP contribution is -2.08. The Bertz CT molecular complexity index is 391. The Balaban J connectivity index is 2.90.